The molecule has 186 valence electrons. The molecule has 1 saturated heterocycles. The summed E-state index contributed by atoms with van der Waals surface area (Å²) in [6.45, 7) is 2.62. The van der Waals surface area contributed by atoms with E-state index in [9.17, 15) is 14.4 Å². The summed E-state index contributed by atoms with van der Waals surface area (Å²) < 4.78 is 15.8. The second-order valence-electron chi connectivity index (χ2n) is 7.60. The fourth-order valence-corrected chi connectivity index (χ4v) is 3.47. The molecule has 1 aromatic rings. The van der Waals surface area contributed by atoms with E-state index in [1.165, 1.54) is 18.2 Å². The number of amides is 2. The summed E-state index contributed by atoms with van der Waals surface area (Å²) in [5.41, 5.74) is 1.13. The number of carbonyl (C=O) groups excluding carboxylic acids is 3. The number of nitrogens with zero attached hydrogens (tertiary/aromatic N) is 3. The van der Waals surface area contributed by atoms with Crippen molar-refractivity contribution >= 4 is 30.0 Å². The molecule has 12 heteroatoms. The van der Waals surface area contributed by atoms with E-state index in [2.05, 4.69) is 9.84 Å². The van der Waals surface area contributed by atoms with Crippen LogP contribution in [-0.2, 0) is 23.9 Å². The predicted molar refractivity (Wildman–Crippen MR) is 121 cm³/mol. The number of nitrogens with two attached hydrogens (primary N) is 1. The van der Waals surface area contributed by atoms with Crippen LogP contribution < -0.4 is 10.6 Å². The van der Waals surface area contributed by atoms with Gasteiger partial charge in [-0.15, -0.1) is 0 Å². The first kappa shape index (κ1) is 26.6. The molecule has 3 rings (SSSR count). The normalized spacial score (nSPS) is 16.1. The van der Waals surface area contributed by atoms with Gasteiger partial charge >= 0.3 is 5.97 Å². The van der Waals surface area contributed by atoms with Gasteiger partial charge in [-0.3, -0.25) is 14.4 Å². The fourth-order valence-electron chi connectivity index (χ4n) is 3.47. The lowest BCUT2D eigenvalue weighted by Gasteiger charge is -2.33. The van der Waals surface area contributed by atoms with Crippen LogP contribution >= 0.6 is 0 Å². The van der Waals surface area contributed by atoms with Crippen LogP contribution in [0.5, 0.6) is 5.75 Å². The second-order valence-corrected chi connectivity index (χ2v) is 7.60. The molecule has 3 N–H and O–H groups in total. The molecule has 0 aromatic heterocycles. The Bertz CT molecular complexity index is 908. The van der Waals surface area contributed by atoms with Crippen LogP contribution in [0.25, 0.3) is 0 Å². The van der Waals surface area contributed by atoms with Crippen molar-refractivity contribution in [1.82, 2.24) is 9.80 Å². The van der Waals surface area contributed by atoms with E-state index in [1.807, 2.05) is 0 Å². The van der Waals surface area contributed by atoms with E-state index in [0.717, 1.165) is 12.5 Å². The maximum Gasteiger partial charge on any atom is 0.331 e. The van der Waals surface area contributed by atoms with E-state index in [1.54, 1.807) is 23.1 Å². The number of methoxy groups -OCH3 is 1. The number of carboxylic acids is 1. The number of carbonyl (C=O) groups is 4. The largest absolute Gasteiger partial charge is 0.491 e. The molecule has 2 heterocycles. The number of rotatable bonds is 6. The molecule has 12 nitrogen and oxygen atoms in total. The number of carboxylic acid groups (broad SMARTS) is 1. The minimum Gasteiger partial charge on any atom is -0.491 e. The zero-order chi connectivity index (χ0) is 25.1. The molecule has 0 aliphatic carbocycles. The minimum atomic E-state index is -0.833. The van der Waals surface area contributed by atoms with Crippen LogP contribution in [0.1, 0.15) is 35.7 Å². The van der Waals surface area contributed by atoms with Gasteiger partial charge < -0.3 is 35.0 Å². The number of hydrogen-bond donors (Lipinski definition) is 2. The molecule has 1 fully saturated rings. The Morgan fingerprint density at radius 2 is 1.94 bits per heavy atom. The quantitative estimate of drug-likeness (QED) is 0.250. The standard InChI is InChI=1S/C20H26N4O6.C2H4O2/c1-28-19(26)13-30-15-4-6-23(7-5-15)18(25)12-24-8-9-29-17-10-14(11-22-21)2-3-16(17)20(24)27;1-2(3)4/h2-3,10-11,15H,4-9,12-13,21H2,1H3;1H3,(H,3,4). The Balaban J connectivity index is 0.000000945. The SMILES string of the molecule is CC(=O)O.COC(=O)COC1CCN(C(=O)CN2CCOc3cc(C=NN)ccc3C2=O)CC1. The maximum absolute atomic E-state index is 12.9. The van der Waals surface area contributed by atoms with Crippen molar-refractivity contribution in [2.45, 2.75) is 25.9 Å². The number of ether oxygens (including phenoxy) is 3. The van der Waals surface area contributed by atoms with Crippen molar-refractivity contribution in [2.24, 2.45) is 10.9 Å². The highest BCUT2D eigenvalue weighted by molar-refractivity contribution is 6.00. The summed E-state index contributed by atoms with van der Waals surface area (Å²) in [5.74, 6) is 4.01. The van der Waals surface area contributed by atoms with E-state index in [4.69, 9.17) is 25.2 Å². The van der Waals surface area contributed by atoms with Gasteiger partial charge in [0.05, 0.1) is 31.5 Å². The van der Waals surface area contributed by atoms with Gasteiger partial charge in [0.15, 0.2) is 0 Å². The molecule has 34 heavy (non-hydrogen) atoms. The molecule has 1 aromatic carbocycles. The number of benzene rings is 1. The smallest absolute Gasteiger partial charge is 0.331 e. The van der Waals surface area contributed by atoms with Crippen LogP contribution in [0.2, 0.25) is 0 Å². The van der Waals surface area contributed by atoms with Crippen molar-refractivity contribution in [3.8, 4) is 5.75 Å². The molecule has 0 saturated carbocycles. The summed E-state index contributed by atoms with van der Waals surface area (Å²) in [4.78, 5) is 49.0. The lowest BCUT2D eigenvalue weighted by molar-refractivity contribution is -0.150. The monoisotopic (exact) mass is 478 g/mol. The molecule has 0 atom stereocenters. The van der Waals surface area contributed by atoms with E-state index < -0.39 is 11.9 Å². The van der Waals surface area contributed by atoms with E-state index in [-0.39, 0.29) is 31.1 Å². The number of piperidine rings is 1. The van der Waals surface area contributed by atoms with Gasteiger partial charge in [0.2, 0.25) is 5.91 Å². The lowest BCUT2D eigenvalue weighted by atomic mass is 10.1. The van der Waals surface area contributed by atoms with Crippen LogP contribution in [0.4, 0.5) is 0 Å². The van der Waals surface area contributed by atoms with Crippen molar-refractivity contribution in [1.29, 1.82) is 0 Å². The van der Waals surface area contributed by atoms with Gasteiger partial charge in [-0.1, -0.05) is 6.07 Å². The highest BCUT2D eigenvalue weighted by atomic mass is 16.6. The molecule has 2 amide bonds. The van der Waals surface area contributed by atoms with Gasteiger partial charge in [-0.2, -0.15) is 5.10 Å². The van der Waals surface area contributed by atoms with Crippen molar-refractivity contribution in [3.05, 3.63) is 29.3 Å². The topological polar surface area (TPSA) is 161 Å². The third-order valence-electron chi connectivity index (χ3n) is 5.15. The highest BCUT2D eigenvalue weighted by Gasteiger charge is 2.29. The number of esters is 1. The van der Waals surface area contributed by atoms with Crippen molar-refractivity contribution < 1.29 is 38.5 Å². The number of likely N-dealkylation sites (tertiary alicyclic amines) is 1. The maximum atomic E-state index is 12.9. The molecule has 0 bridgehead atoms. The van der Waals surface area contributed by atoms with Gasteiger partial charge in [0, 0.05) is 20.0 Å². The Hall–Kier alpha value is -3.67. The van der Waals surface area contributed by atoms with Crippen LogP contribution in [-0.4, -0.2) is 97.5 Å². The lowest BCUT2D eigenvalue weighted by Crippen LogP contribution is -2.47. The van der Waals surface area contributed by atoms with E-state index >= 15 is 0 Å². The summed E-state index contributed by atoms with van der Waals surface area (Å²) in [5, 5.41) is 10.9. The summed E-state index contributed by atoms with van der Waals surface area (Å²) in [6, 6.07) is 5.08. The second kappa shape index (κ2) is 13.1. The average Bonchev–Trinajstić information content (AvgIpc) is 2.96. The zero-order valence-electron chi connectivity index (χ0n) is 19.3. The zero-order valence-corrected chi connectivity index (χ0v) is 19.3. The van der Waals surface area contributed by atoms with Crippen LogP contribution in [0, 0.1) is 0 Å². The fraction of sp³-hybridized carbons (Fsp3) is 0.500. The summed E-state index contributed by atoms with van der Waals surface area (Å²) >= 11 is 0. The predicted octanol–water partition coefficient (Wildman–Crippen LogP) is 0.0853. The number of fused-ring (bicyclic) bond motifs is 1. The van der Waals surface area contributed by atoms with Gasteiger partial charge in [0.1, 0.15) is 25.5 Å². The first-order chi connectivity index (χ1) is 16.2. The van der Waals surface area contributed by atoms with E-state index in [0.29, 0.717) is 50.4 Å². The molecule has 0 spiro atoms. The highest BCUT2D eigenvalue weighted by Crippen LogP contribution is 2.24. The Morgan fingerprint density at radius 3 is 2.56 bits per heavy atom. The van der Waals surface area contributed by atoms with Gasteiger partial charge in [-0.25, -0.2) is 4.79 Å². The Kier molecular flexibility index (Phi) is 10.3. The molecular formula is C22H30N4O8. The molecule has 0 radical (unpaired) electrons. The number of hydrazone groups is 1. The summed E-state index contributed by atoms with van der Waals surface area (Å²) in [6.07, 6.45) is 2.65. The summed E-state index contributed by atoms with van der Waals surface area (Å²) in [7, 11) is 1.31. The molecular weight excluding hydrogens is 448 g/mol. The Morgan fingerprint density at radius 1 is 1.26 bits per heavy atom. The number of aliphatic carboxylic acids is 1. The van der Waals surface area contributed by atoms with Gasteiger partial charge in [-0.05, 0) is 30.5 Å². The third-order valence-corrected chi connectivity index (χ3v) is 5.15. The Labute approximate surface area is 197 Å². The molecule has 0 unspecified atom stereocenters. The first-order valence-corrected chi connectivity index (χ1v) is 10.7. The molecule has 2 aliphatic heterocycles. The van der Waals surface area contributed by atoms with Crippen molar-refractivity contribution in [3.63, 3.8) is 0 Å². The number of hydrogen-bond acceptors (Lipinski definition) is 9. The average molecular weight is 479 g/mol. The van der Waals surface area contributed by atoms with Crippen molar-refractivity contribution in [2.75, 3.05) is 46.5 Å². The molecule has 2 aliphatic rings. The first-order valence-electron chi connectivity index (χ1n) is 10.7. The minimum absolute atomic E-state index is 0.0126. The van der Waals surface area contributed by atoms with Crippen LogP contribution in [0.3, 0.4) is 0 Å². The van der Waals surface area contributed by atoms with Gasteiger partial charge in [0.25, 0.3) is 11.9 Å². The third kappa shape index (κ3) is 8.03. The van der Waals surface area contributed by atoms with Crippen LogP contribution in [0.15, 0.2) is 23.3 Å².